The highest BCUT2D eigenvalue weighted by atomic mass is 32.2. The highest BCUT2D eigenvalue weighted by Gasteiger charge is 2.19. The molecule has 1 unspecified atom stereocenters. The number of aryl methyl sites for hydroxylation is 1. The number of nitrogens with zero attached hydrogens (tertiary/aromatic N) is 4. The van der Waals surface area contributed by atoms with Crippen molar-refractivity contribution >= 4 is 22.7 Å². The molecule has 0 aliphatic heterocycles. The smallest absolute Gasteiger partial charge is 0.240 e. The van der Waals surface area contributed by atoms with E-state index in [4.69, 9.17) is 4.52 Å². The van der Waals surface area contributed by atoms with Gasteiger partial charge in [-0.05, 0) is 31.5 Å². The molecule has 0 bridgehead atoms. The zero-order valence-electron chi connectivity index (χ0n) is 14.2. The van der Waals surface area contributed by atoms with E-state index in [-0.39, 0.29) is 11.1 Å². The van der Waals surface area contributed by atoms with E-state index in [2.05, 4.69) is 20.1 Å². The Balaban J connectivity index is 1.60. The Bertz CT molecular complexity index is 1080. The van der Waals surface area contributed by atoms with Crippen molar-refractivity contribution in [3.63, 3.8) is 0 Å². The molecular formula is C19H15FN4OS. The van der Waals surface area contributed by atoms with Gasteiger partial charge >= 0.3 is 0 Å². The molecule has 130 valence electrons. The van der Waals surface area contributed by atoms with Crippen molar-refractivity contribution in [3.05, 3.63) is 66.1 Å². The number of hydrogen-bond acceptors (Lipinski definition) is 6. The third-order valence-electron chi connectivity index (χ3n) is 4.01. The van der Waals surface area contributed by atoms with Gasteiger partial charge in [0.1, 0.15) is 17.2 Å². The van der Waals surface area contributed by atoms with Crippen molar-refractivity contribution in [2.75, 3.05) is 0 Å². The minimum atomic E-state index is -0.288. The molecule has 0 aliphatic rings. The van der Waals surface area contributed by atoms with Gasteiger partial charge in [0.15, 0.2) is 0 Å². The first-order valence-electron chi connectivity index (χ1n) is 8.08. The fourth-order valence-electron chi connectivity index (χ4n) is 2.54. The van der Waals surface area contributed by atoms with Gasteiger partial charge in [0.2, 0.25) is 11.7 Å². The van der Waals surface area contributed by atoms with Crippen molar-refractivity contribution in [1.29, 1.82) is 0 Å². The van der Waals surface area contributed by atoms with E-state index in [1.165, 1.54) is 17.8 Å². The van der Waals surface area contributed by atoms with Crippen LogP contribution in [0, 0.1) is 12.7 Å². The van der Waals surface area contributed by atoms with Crippen molar-refractivity contribution in [2.45, 2.75) is 24.1 Å². The summed E-state index contributed by atoms with van der Waals surface area (Å²) in [4.78, 5) is 13.1. The van der Waals surface area contributed by atoms with Crippen LogP contribution in [0.1, 0.15) is 23.6 Å². The Kier molecular flexibility index (Phi) is 4.38. The summed E-state index contributed by atoms with van der Waals surface area (Å²) in [6.45, 7) is 3.68. The highest BCUT2D eigenvalue weighted by molar-refractivity contribution is 7.99. The summed E-state index contributed by atoms with van der Waals surface area (Å²) in [5.74, 6) is 0.552. The van der Waals surface area contributed by atoms with Crippen LogP contribution >= 0.6 is 11.8 Å². The largest absolute Gasteiger partial charge is 0.338 e. The summed E-state index contributed by atoms with van der Waals surface area (Å²) in [7, 11) is 0. The number of fused-ring (bicyclic) bond motifs is 1. The summed E-state index contributed by atoms with van der Waals surface area (Å²) < 4.78 is 19.1. The number of thioether (sulfide) groups is 1. The Morgan fingerprint density at radius 3 is 2.81 bits per heavy atom. The molecular weight excluding hydrogens is 351 g/mol. The number of rotatable bonds is 4. The second-order valence-electron chi connectivity index (χ2n) is 5.88. The quantitative estimate of drug-likeness (QED) is 0.375. The Morgan fingerprint density at radius 1 is 1.12 bits per heavy atom. The molecule has 0 radical (unpaired) electrons. The van der Waals surface area contributed by atoms with Crippen molar-refractivity contribution in [2.24, 2.45) is 0 Å². The lowest BCUT2D eigenvalue weighted by Gasteiger charge is -2.07. The van der Waals surface area contributed by atoms with E-state index in [0.29, 0.717) is 22.8 Å². The SMILES string of the molecule is Cc1ccc(-c2noc(C(C)Sc3ncnc4ccccc34)n2)cc1F. The van der Waals surface area contributed by atoms with Crippen LogP contribution < -0.4 is 0 Å². The molecule has 2 aromatic carbocycles. The van der Waals surface area contributed by atoms with Gasteiger partial charge in [-0.25, -0.2) is 14.4 Å². The average Bonchev–Trinajstić information content (AvgIpc) is 3.15. The van der Waals surface area contributed by atoms with E-state index < -0.39 is 0 Å². The summed E-state index contributed by atoms with van der Waals surface area (Å²) in [6, 6.07) is 12.7. The summed E-state index contributed by atoms with van der Waals surface area (Å²) in [6.07, 6.45) is 1.55. The van der Waals surface area contributed by atoms with E-state index in [9.17, 15) is 4.39 Å². The summed E-state index contributed by atoms with van der Waals surface area (Å²) >= 11 is 1.52. The van der Waals surface area contributed by atoms with E-state index >= 15 is 0 Å². The number of halogens is 1. The average molecular weight is 366 g/mol. The van der Waals surface area contributed by atoms with Crippen LogP contribution in [0.3, 0.4) is 0 Å². The molecule has 2 aromatic heterocycles. The minimum Gasteiger partial charge on any atom is -0.338 e. The molecule has 0 saturated heterocycles. The van der Waals surface area contributed by atoms with Gasteiger partial charge in [0.05, 0.1) is 10.8 Å². The van der Waals surface area contributed by atoms with Gasteiger partial charge in [-0.15, -0.1) is 0 Å². The number of para-hydroxylation sites is 1. The van der Waals surface area contributed by atoms with Gasteiger partial charge in [0, 0.05) is 10.9 Å². The number of benzene rings is 2. The van der Waals surface area contributed by atoms with Crippen molar-refractivity contribution in [1.82, 2.24) is 20.1 Å². The monoisotopic (exact) mass is 366 g/mol. The van der Waals surface area contributed by atoms with Crippen molar-refractivity contribution in [3.8, 4) is 11.4 Å². The maximum Gasteiger partial charge on any atom is 0.240 e. The zero-order chi connectivity index (χ0) is 18.1. The first-order chi connectivity index (χ1) is 12.6. The third kappa shape index (κ3) is 3.17. The lowest BCUT2D eigenvalue weighted by molar-refractivity contribution is 0.380. The number of hydrogen-bond donors (Lipinski definition) is 0. The molecule has 0 saturated carbocycles. The number of aromatic nitrogens is 4. The van der Waals surface area contributed by atoms with Crippen LogP contribution in [0.4, 0.5) is 4.39 Å². The zero-order valence-corrected chi connectivity index (χ0v) is 15.0. The van der Waals surface area contributed by atoms with Crippen LogP contribution in [0.2, 0.25) is 0 Å². The van der Waals surface area contributed by atoms with E-state index in [0.717, 1.165) is 15.9 Å². The van der Waals surface area contributed by atoms with Crippen LogP contribution in [-0.2, 0) is 0 Å². The van der Waals surface area contributed by atoms with Crippen LogP contribution in [0.25, 0.3) is 22.3 Å². The molecule has 4 rings (SSSR count). The molecule has 26 heavy (non-hydrogen) atoms. The first-order valence-corrected chi connectivity index (χ1v) is 8.96. The lowest BCUT2D eigenvalue weighted by atomic mass is 10.1. The van der Waals surface area contributed by atoms with Gasteiger partial charge < -0.3 is 4.52 Å². The van der Waals surface area contributed by atoms with Gasteiger partial charge in [-0.1, -0.05) is 47.3 Å². The molecule has 0 aliphatic carbocycles. The summed E-state index contributed by atoms with van der Waals surface area (Å²) in [5.41, 5.74) is 2.06. The topological polar surface area (TPSA) is 64.7 Å². The Labute approximate surface area is 153 Å². The Hall–Kier alpha value is -2.80. The fourth-order valence-corrected chi connectivity index (χ4v) is 3.48. The molecule has 0 fully saturated rings. The molecule has 0 amide bonds. The molecule has 7 heteroatoms. The van der Waals surface area contributed by atoms with Gasteiger partial charge in [0.25, 0.3) is 0 Å². The molecule has 4 aromatic rings. The maximum absolute atomic E-state index is 13.8. The van der Waals surface area contributed by atoms with Crippen LogP contribution in [-0.4, -0.2) is 20.1 Å². The van der Waals surface area contributed by atoms with E-state index in [1.807, 2.05) is 31.2 Å². The minimum absolute atomic E-state index is 0.107. The van der Waals surface area contributed by atoms with Crippen molar-refractivity contribution < 1.29 is 8.91 Å². The molecule has 5 nitrogen and oxygen atoms in total. The molecule has 1 atom stereocenters. The second kappa shape index (κ2) is 6.84. The Morgan fingerprint density at radius 2 is 1.96 bits per heavy atom. The fraction of sp³-hybridized carbons (Fsp3) is 0.158. The predicted molar refractivity (Wildman–Crippen MR) is 98.2 cm³/mol. The highest BCUT2D eigenvalue weighted by Crippen LogP contribution is 2.36. The molecule has 0 spiro atoms. The molecule has 2 heterocycles. The normalized spacial score (nSPS) is 12.4. The van der Waals surface area contributed by atoms with Crippen LogP contribution in [0.5, 0.6) is 0 Å². The predicted octanol–water partition coefficient (Wildman–Crippen LogP) is 4.98. The third-order valence-corrected chi connectivity index (χ3v) is 5.12. The van der Waals surface area contributed by atoms with Crippen LogP contribution in [0.15, 0.2) is 58.3 Å². The first kappa shape index (κ1) is 16.7. The standard InChI is InChI=1S/C19H15FN4OS/c1-11-7-8-13(9-15(11)20)17-23-18(25-24-17)12(2)26-19-14-5-3-4-6-16(14)21-10-22-19/h3-10,12H,1-2H3. The van der Waals surface area contributed by atoms with E-state index in [1.54, 1.807) is 25.4 Å². The molecule has 0 N–H and O–H groups in total. The van der Waals surface area contributed by atoms with Gasteiger partial charge in [-0.2, -0.15) is 4.98 Å². The van der Waals surface area contributed by atoms with Gasteiger partial charge in [-0.3, -0.25) is 0 Å². The lowest BCUT2D eigenvalue weighted by Crippen LogP contribution is -1.93. The summed E-state index contributed by atoms with van der Waals surface area (Å²) in [5, 5.41) is 5.71. The maximum atomic E-state index is 13.8. The second-order valence-corrected chi connectivity index (χ2v) is 7.21.